The molecular weight excluding hydrogens is 450 g/mol. The van der Waals surface area contributed by atoms with E-state index in [1.54, 1.807) is 24.3 Å². The molecule has 2 aromatic carbocycles. The number of carbonyl (C=O) groups is 1. The van der Waals surface area contributed by atoms with Crippen LogP contribution < -0.4 is 10.2 Å². The van der Waals surface area contributed by atoms with Crippen LogP contribution in [0.2, 0.25) is 0 Å². The molecule has 2 heterocycles. The van der Waals surface area contributed by atoms with Gasteiger partial charge in [-0.3, -0.25) is 9.69 Å². The molecule has 0 spiro atoms. The summed E-state index contributed by atoms with van der Waals surface area (Å²) in [6.07, 6.45) is 4.57. The quantitative estimate of drug-likeness (QED) is 0.525. The zero-order chi connectivity index (χ0) is 25.5. The molecule has 3 aromatic rings. The minimum Gasteiger partial charge on any atom is -0.348 e. The number of nitriles is 2. The molecule has 36 heavy (non-hydrogen) atoms. The molecule has 1 fully saturated rings. The van der Waals surface area contributed by atoms with E-state index in [2.05, 4.69) is 51.1 Å². The second kappa shape index (κ2) is 11.4. The maximum absolute atomic E-state index is 12.8. The molecular formula is C28H29N7O. The number of aromatic nitrogens is 2. The van der Waals surface area contributed by atoms with E-state index in [-0.39, 0.29) is 18.0 Å². The van der Waals surface area contributed by atoms with Crippen LogP contribution in [0.15, 0.2) is 60.9 Å². The van der Waals surface area contributed by atoms with E-state index in [1.807, 2.05) is 36.7 Å². The van der Waals surface area contributed by atoms with Gasteiger partial charge in [0.15, 0.2) is 0 Å². The van der Waals surface area contributed by atoms with Gasteiger partial charge in [0.25, 0.3) is 5.91 Å². The van der Waals surface area contributed by atoms with Crippen LogP contribution in [-0.4, -0.2) is 53.0 Å². The number of carbonyl (C=O) groups excluding carboxylic acids is 1. The Morgan fingerprint density at radius 3 is 2.14 bits per heavy atom. The third kappa shape index (κ3) is 5.51. The molecule has 1 saturated heterocycles. The highest BCUT2D eigenvalue weighted by atomic mass is 16.1. The van der Waals surface area contributed by atoms with Crippen LogP contribution in [0.25, 0.3) is 0 Å². The van der Waals surface area contributed by atoms with Crippen LogP contribution >= 0.6 is 0 Å². The third-order valence-corrected chi connectivity index (χ3v) is 6.57. The van der Waals surface area contributed by atoms with E-state index in [0.29, 0.717) is 29.2 Å². The summed E-state index contributed by atoms with van der Waals surface area (Å²) in [6.45, 7) is 7.29. The monoisotopic (exact) mass is 479 g/mol. The zero-order valence-electron chi connectivity index (χ0n) is 20.6. The molecule has 1 aromatic heterocycles. The van der Waals surface area contributed by atoms with Gasteiger partial charge in [-0.15, -0.1) is 0 Å². The molecule has 1 N–H and O–H groups in total. The summed E-state index contributed by atoms with van der Waals surface area (Å²) < 4.78 is 0. The van der Waals surface area contributed by atoms with Crippen LogP contribution in [-0.2, 0) is 0 Å². The van der Waals surface area contributed by atoms with Crippen molar-refractivity contribution in [3.8, 4) is 12.1 Å². The number of hydrogen-bond acceptors (Lipinski definition) is 7. The van der Waals surface area contributed by atoms with Gasteiger partial charge in [-0.1, -0.05) is 12.1 Å². The zero-order valence-corrected chi connectivity index (χ0v) is 20.6. The third-order valence-electron chi connectivity index (χ3n) is 6.57. The Hall–Kier alpha value is -4.27. The average molecular weight is 480 g/mol. The molecule has 0 aliphatic carbocycles. The number of hydrogen-bond donors (Lipinski definition) is 1. The van der Waals surface area contributed by atoms with Crippen LogP contribution in [0.3, 0.4) is 0 Å². The molecule has 1 aliphatic heterocycles. The smallest absolute Gasteiger partial charge is 0.251 e. The molecule has 1 amide bonds. The summed E-state index contributed by atoms with van der Waals surface area (Å²) in [6, 6.07) is 18.4. The molecule has 2 atom stereocenters. The molecule has 182 valence electrons. The second-order valence-electron chi connectivity index (χ2n) is 8.77. The Labute approximate surface area is 211 Å². The van der Waals surface area contributed by atoms with Crippen molar-refractivity contribution >= 4 is 11.9 Å². The Morgan fingerprint density at radius 2 is 1.58 bits per heavy atom. The standard InChI is InChI=1S/C28H29N7O/c1-3-34(4-2)28-31-17-24(18-32-28)26(22-9-5-20(15-29)6-10-22)35-14-13-25(19-35)33-27(36)23-11-7-21(16-30)8-12-23/h5-12,17-18,25-26H,3-4,13-14,19H2,1-2H3,(H,33,36)/t25-,26?/m1/s1. The van der Waals surface area contributed by atoms with Crippen molar-refractivity contribution in [1.29, 1.82) is 10.5 Å². The minimum atomic E-state index is -0.145. The fourth-order valence-electron chi connectivity index (χ4n) is 4.60. The Morgan fingerprint density at radius 1 is 1.00 bits per heavy atom. The van der Waals surface area contributed by atoms with Gasteiger partial charge in [0.2, 0.25) is 5.95 Å². The van der Waals surface area contributed by atoms with Gasteiger partial charge in [0, 0.05) is 55.7 Å². The summed E-state index contributed by atoms with van der Waals surface area (Å²) >= 11 is 0. The molecule has 1 aliphatic rings. The average Bonchev–Trinajstić information content (AvgIpc) is 3.38. The largest absolute Gasteiger partial charge is 0.348 e. The Bertz CT molecular complexity index is 1250. The van der Waals surface area contributed by atoms with E-state index in [1.165, 1.54) is 0 Å². The highest BCUT2D eigenvalue weighted by molar-refractivity contribution is 5.94. The first-order valence-electron chi connectivity index (χ1n) is 12.2. The van der Waals surface area contributed by atoms with Crippen molar-refractivity contribution in [3.63, 3.8) is 0 Å². The van der Waals surface area contributed by atoms with Crippen molar-refractivity contribution in [3.05, 3.63) is 88.7 Å². The van der Waals surface area contributed by atoms with Crippen LogP contribution in [0.4, 0.5) is 5.95 Å². The Balaban J connectivity index is 1.54. The molecule has 8 heteroatoms. The fraction of sp³-hybridized carbons (Fsp3) is 0.321. The first kappa shape index (κ1) is 24.8. The Kier molecular flexibility index (Phi) is 7.89. The summed E-state index contributed by atoms with van der Waals surface area (Å²) in [5.41, 5.74) is 3.69. The van der Waals surface area contributed by atoms with E-state index < -0.39 is 0 Å². The predicted molar refractivity (Wildman–Crippen MR) is 137 cm³/mol. The highest BCUT2D eigenvalue weighted by Gasteiger charge is 2.31. The van der Waals surface area contributed by atoms with Gasteiger partial charge in [-0.2, -0.15) is 10.5 Å². The van der Waals surface area contributed by atoms with E-state index in [9.17, 15) is 10.1 Å². The summed E-state index contributed by atoms with van der Waals surface area (Å²) in [5.74, 6) is 0.560. The SMILES string of the molecule is CCN(CC)c1ncc(C(c2ccc(C#N)cc2)N2CC[C@@H](NC(=O)c3ccc(C#N)cc3)C2)cn1. The molecule has 0 bridgehead atoms. The first-order valence-corrected chi connectivity index (χ1v) is 12.2. The predicted octanol–water partition coefficient (Wildman–Crippen LogP) is 3.66. The van der Waals surface area contributed by atoms with Gasteiger partial charge >= 0.3 is 0 Å². The maximum Gasteiger partial charge on any atom is 0.251 e. The summed E-state index contributed by atoms with van der Waals surface area (Å²) in [5, 5.41) is 21.3. The second-order valence-corrected chi connectivity index (χ2v) is 8.77. The lowest BCUT2D eigenvalue weighted by Crippen LogP contribution is -2.38. The lowest BCUT2D eigenvalue weighted by Gasteiger charge is -2.29. The lowest BCUT2D eigenvalue weighted by molar-refractivity contribution is 0.0937. The van der Waals surface area contributed by atoms with Gasteiger partial charge < -0.3 is 10.2 Å². The van der Waals surface area contributed by atoms with Gasteiger partial charge in [0.1, 0.15) is 0 Å². The molecule has 1 unspecified atom stereocenters. The van der Waals surface area contributed by atoms with Crippen molar-refractivity contribution in [2.75, 3.05) is 31.1 Å². The molecule has 0 radical (unpaired) electrons. The van der Waals surface area contributed by atoms with E-state index in [0.717, 1.165) is 37.2 Å². The van der Waals surface area contributed by atoms with E-state index in [4.69, 9.17) is 5.26 Å². The number of rotatable bonds is 8. The number of benzene rings is 2. The van der Waals surface area contributed by atoms with Gasteiger partial charge in [-0.05, 0) is 62.2 Å². The van der Waals surface area contributed by atoms with Crippen LogP contribution in [0.1, 0.15) is 58.9 Å². The van der Waals surface area contributed by atoms with Gasteiger partial charge in [-0.25, -0.2) is 9.97 Å². The van der Waals surface area contributed by atoms with Crippen molar-refractivity contribution in [1.82, 2.24) is 20.2 Å². The topological polar surface area (TPSA) is 109 Å². The number of nitrogens with zero attached hydrogens (tertiary/aromatic N) is 6. The van der Waals surface area contributed by atoms with Crippen molar-refractivity contribution in [2.45, 2.75) is 32.4 Å². The number of nitrogens with one attached hydrogen (secondary N) is 1. The van der Waals surface area contributed by atoms with Crippen molar-refractivity contribution < 1.29 is 4.79 Å². The molecule has 4 rings (SSSR count). The van der Waals surface area contributed by atoms with Crippen LogP contribution in [0.5, 0.6) is 0 Å². The number of anilines is 1. The normalized spacial score (nSPS) is 16.1. The fourth-order valence-corrected chi connectivity index (χ4v) is 4.60. The van der Waals surface area contributed by atoms with Gasteiger partial charge in [0.05, 0.1) is 29.3 Å². The number of likely N-dealkylation sites (tertiary alicyclic amines) is 1. The first-order chi connectivity index (χ1) is 17.6. The number of amides is 1. The highest BCUT2D eigenvalue weighted by Crippen LogP contribution is 2.32. The van der Waals surface area contributed by atoms with Crippen molar-refractivity contribution in [2.24, 2.45) is 0 Å². The molecule has 0 saturated carbocycles. The van der Waals surface area contributed by atoms with Crippen LogP contribution in [0, 0.1) is 22.7 Å². The molecule has 8 nitrogen and oxygen atoms in total. The summed E-state index contributed by atoms with van der Waals surface area (Å²) in [7, 11) is 0. The minimum absolute atomic E-state index is 0.00936. The maximum atomic E-state index is 12.8. The lowest BCUT2D eigenvalue weighted by atomic mass is 9.98. The van der Waals surface area contributed by atoms with E-state index >= 15 is 0 Å². The summed E-state index contributed by atoms with van der Waals surface area (Å²) in [4.78, 5) is 26.5.